The van der Waals surface area contributed by atoms with Gasteiger partial charge in [0, 0.05) is 13.1 Å². The predicted molar refractivity (Wildman–Crippen MR) is 101 cm³/mol. The van der Waals surface area contributed by atoms with Gasteiger partial charge in [0.05, 0.1) is 23.6 Å². The summed E-state index contributed by atoms with van der Waals surface area (Å²) in [6, 6.07) is 8.17. The van der Waals surface area contributed by atoms with Crippen LogP contribution in [0.1, 0.15) is 39.2 Å². The molecule has 2 atom stereocenters. The summed E-state index contributed by atoms with van der Waals surface area (Å²) in [5.41, 5.74) is 2.16. The van der Waals surface area contributed by atoms with Crippen LogP contribution >= 0.6 is 11.8 Å². The van der Waals surface area contributed by atoms with Crippen molar-refractivity contribution in [3.05, 3.63) is 29.8 Å². The maximum absolute atomic E-state index is 12.5. The Morgan fingerprint density at radius 3 is 2.50 bits per heavy atom. The zero-order chi connectivity index (χ0) is 18.7. The van der Waals surface area contributed by atoms with Gasteiger partial charge in [0.1, 0.15) is 0 Å². The molecule has 2 heterocycles. The molecule has 0 radical (unpaired) electrons. The molecule has 0 unspecified atom stereocenters. The maximum Gasteiger partial charge on any atom is 0.233 e. The minimum Gasteiger partial charge on any atom is -0.372 e. The molecule has 0 aliphatic carbocycles. The minimum atomic E-state index is 0.0671. The number of carbonyl (C=O) groups is 1. The fourth-order valence-corrected chi connectivity index (χ4v) is 3.82. The van der Waals surface area contributed by atoms with Gasteiger partial charge in [-0.15, -0.1) is 5.10 Å². The summed E-state index contributed by atoms with van der Waals surface area (Å²) in [6.45, 7) is 9.56. The number of hydrogen-bond acceptors (Lipinski definition) is 6. The van der Waals surface area contributed by atoms with E-state index >= 15 is 0 Å². The number of nitrogens with zero attached hydrogens (tertiary/aromatic N) is 5. The molecular formula is C18H25N5O2S. The number of carbonyl (C=O) groups excluding carboxylic acids is 1. The zero-order valence-corrected chi connectivity index (χ0v) is 16.4. The summed E-state index contributed by atoms with van der Waals surface area (Å²) in [6.07, 6.45) is 0.134. The molecule has 0 N–H and O–H groups in total. The molecule has 1 aromatic carbocycles. The Bertz CT molecular complexity index is 736. The summed E-state index contributed by atoms with van der Waals surface area (Å²) in [5, 5.41) is 12.5. The quantitative estimate of drug-likeness (QED) is 0.748. The van der Waals surface area contributed by atoms with Crippen LogP contribution in [-0.4, -0.2) is 62.1 Å². The Hall–Kier alpha value is -1.93. The van der Waals surface area contributed by atoms with E-state index in [9.17, 15) is 4.79 Å². The van der Waals surface area contributed by atoms with Crippen LogP contribution < -0.4 is 0 Å². The second kappa shape index (κ2) is 8.18. The number of amides is 1. The number of rotatable bonds is 5. The van der Waals surface area contributed by atoms with Crippen molar-refractivity contribution >= 4 is 17.7 Å². The molecule has 26 heavy (non-hydrogen) atoms. The number of ether oxygens (including phenoxy) is 1. The SMILES string of the molecule is CC(C)c1ccc(-n2nnnc2SCC(=O)N2C[C@@H](C)O[C@@H](C)C2)cc1. The second-order valence-corrected chi connectivity index (χ2v) is 7.91. The largest absolute Gasteiger partial charge is 0.372 e. The molecule has 3 rings (SSSR count). The van der Waals surface area contributed by atoms with Gasteiger partial charge in [0.2, 0.25) is 11.1 Å². The van der Waals surface area contributed by atoms with E-state index in [1.54, 1.807) is 4.68 Å². The third-order valence-corrected chi connectivity index (χ3v) is 5.25. The second-order valence-electron chi connectivity index (χ2n) is 6.96. The van der Waals surface area contributed by atoms with E-state index < -0.39 is 0 Å². The fraction of sp³-hybridized carbons (Fsp3) is 0.556. The van der Waals surface area contributed by atoms with Crippen LogP contribution in [0.15, 0.2) is 29.4 Å². The monoisotopic (exact) mass is 375 g/mol. The van der Waals surface area contributed by atoms with E-state index in [0.717, 1.165) is 5.69 Å². The van der Waals surface area contributed by atoms with Gasteiger partial charge < -0.3 is 9.64 Å². The summed E-state index contributed by atoms with van der Waals surface area (Å²) < 4.78 is 7.36. The van der Waals surface area contributed by atoms with E-state index in [-0.39, 0.29) is 18.1 Å². The van der Waals surface area contributed by atoms with Crippen molar-refractivity contribution in [2.75, 3.05) is 18.8 Å². The van der Waals surface area contributed by atoms with E-state index in [0.29, 0.717) is 29.9 Å². The van der Waals surface area contributed by atoms with Gasteiger partial charge in [-0.1, -0.05) is 37.7 Å². The summed E-state index contributed by atoms with van der Waals surface area (Å²) >= 11 is 1.36. The van der Waals surface area contributed by atoms with Crippen LogP contribution in [0.3, 0.4) is 0 Å². The van der Waals surface area contributed by atoms with E-state index in [1.165, 1.54) is 17.3 Å². The van der Waals surface area contributed by atoms with Crippen molar-refractivity contribution in [2.45, 2.75) is 51.0 Å². The van der Waals surface area contributed by atoms with Crippen LogP contribution in [0.25, 0.3) is 5.69 Å². The highest BCUT2D eigenvalue weighted by atomic mass is 32.2. The third-order valence-electron chi connectivity index (χ3n) is 4.34. The predicted octanol–water partition coefficient (Wildman–Crippen LogP) is 2.51. The molecule has 0 spiro atoms. The summed E-state index contributed by atoms with van der Waals surface area (Å²) in [5.74, 6) is 0.869. The molecule has 2 aromatic rings. The van der Waals surface area contributed by atoms with Crippen molar-refractivity contribution in [1.29, 1.82) is 0 Å². The topological polar surface area (TPSA) is 73.1 Å². The van der Waals surface area contributed by atoms with Crippen LogP contribution in [0.2, 0.25) is 0 Å². The Morgan fingerprint density at radius 1 is 1.23 bits per heavy atom. The minimum absolute atomic E-state index is 0.0671. The number of aromatic nitrogens is 4. The molecule has 1 aliphatic heterocycles. The Labute approximate surface area is 158 Å². The molecule has 1 aromatic heterocycles. The molecule has 0 saturated carbocycles. The first-order chi connectivity index (χ1) is 12.4. The zero-order valence-electron chi connectivity index (χ0n) is 15.6. The van der Waals surface area contributed by atoms with Crippen molar-refractivity contribution in [2.24, 2.45) is 0 Å². The van der Waals surface area contributed by atoms with E-state index in [4.69, 9.17) is 4.74 Å². The summed E-state index contributed by atoms with van der Waals surface area (Å²) in [7, 11) is 0. The van der Waals surface area contributed by atoms with Gasteiger partial charge >= 0.3 is 0 Å². The van der Waals surface area contributed by atoms with Gasteiger partial charge in [-0.25, -0.2) is 0 Å². The highest BCUT2D eigenvalue weighted by Gasteiger charge is 2.26. The molecule has 1 amide bonds. The lowest BCUT2D eigenvalue weighted by Crippen LogP contribution is -2.48. The van der Waals surface area contributed by atoms with Gasteiger partial charge in [-0.3, -0.25) is 4.79 Å². The van der Waals surface area contributed by atoms with E-state index in [2.05, 4.69) is 41.5 Å². The first-order valence-electron chi connectivity index (χ1n) is 8.88. The van der Waals surface area contributed by atoms with Crippen LogP contribution in [0.4, 0.5) is 0 Å². The van der Waals surface area contributed by atoms with Crippen LogP contribution in [0, 0.1) is 0 Å². The molecule has 1 fully saturated rings. The van der Waals surface area contributed by atoms with Crippen molar-refractivity contribution in [3.8, 4) is 5.69 Å². The van der Waals surface area contributed by atoms with Gasteiger partial charge in [0.15, 0.2) is 0 Å². The number of benzene rings is 1. The standard InChI is InChI=1S/C18H25N5O2S/c1-12(2)15-5-7-16(8-6-15)23-18(19-20-21-23)26-11-17(24)22-9-13(3)25-14(4)10-22/h5-8,12-14H,9-11H2,1-4H3/t13-,14+. The average molecular weight is 375 g/mol. The molecule has 140 valence electrons. The molecule has 7 nitrogen and oxygen atoms in total. The number of thioether (sulfide) groups is 1. The normalized spacial score (nSPS) is 20.6. The first-order valence-corrected chi connectivity index (χ1v) is 9.87. The lowest BCUT2D eigenvalue weighted by Gasteiger charge is -2.35. The van der Waals surface area contributed by atoms with Gasteiger partial charge in [0.25, 0.3) is 0 Å². The van der Waals surface area contributed by atoms with Gasteiger partial charge in [-0.05, 0) is 47.9 Å². The molecule has 8 heteroatoms. The molecule has 1 aliphatic rings. The maximum atomic E-state index is 12.5. The third kappa shape index (κ3) is 4.42. The summed E-state index contributed by atoms with van der Waals surface area (Å²) in [4.78, 5) is 14.4. The Morgan fingerprint density at radius 2 is 1.88 bits per heavy atom. The highest BCUT2D eigenvalue weighted by Crippen LogP contribution is 2.22. The lowest BCUT2D eigenvalue weighted by molar-refractivity contribution is -0.140. The first kappa shape index (κ1) is 18.8. The van der Waals surface area contributed by atoms with Crippen molar-refractivity contribution in [1.82, 2.24) is 25.1 Å². The molecule has 0 bridgehead atoms. The van der Waals surface area contributed by atoms with Crippen LogP contribution in [-0.2, 0) is 9.53 Å². The van der Waals surface area contributed by atoms with Crippen molar-refractivity contribution in [3.63, 3.8) is 0 Å². The Kier molecular flexibility index (Phi) is 5.93. The molecule has 1 saturated heterocycles. The smallest absolute Gasteiger partial charge is 0.233 e. The molecular weight excluding hydrogens is 350 g/mol. The number of hydrogen-bond donors (Lipinski definition) is 0. The number of tetrazole rings is 1. The van der Waals surface area contributed by atoms with Gasteiger partial charge in [-0.2, -0.15) is 4.68 Å². The van der Waals surface area contributed by atoms with E-state index in [1.807, 2.05) is 30.9 Å². The lowest BCUT2D eigenvalue weighted by atomic mass is 10.0. The number of morpholine rings is 1. The van der Waals surface area contributed by atoms with Crippen molar-refractivity contribution < 1.29 is 9.53 Å². The Balaban J connectivity index is 1.64. The fourth-order valence-electron chi connectivity index (χ4n) is 3.03. The average Bonchev–Trinajstić information content (AvgIpc) is 3.07. The highest BCUT2D eigenvalue weighted by molar-refractivity contribution is 7.99. The van der Waals surface area contributed by atoms with Crippen LogP contribution in [0.5, 0.6) is 0 Å².